The highest BCUT2D eigenvalue weighted by Crippen LogP contribution is 2.21. The van der Waals surface area contributed by atoms with Crippen molar-refractivity contribution in [3.63, 3.8) is 0 Å². The normalized spacial score (nSPS) is 11.8. The molecule has 1 N–H and O–H groups in total. The molecule has 0 saturated carbocycles. The van der Waals surface area contributed by atoms with Crippen molar-refractivity contribution < 1.29 is 9.59 Å². The molecule has 0 unspecified atom stereocenters. The van der Waals surface area contributed by atoms with Gasteiger partial charge in [0.15, 0.2) is 0 Å². The van der Waals surface area contributed by atoms with E-state index in [2.05, 4.69) is 36.5 Å². The summed E-state index contributed by atoms with van der Waals surface area (Å²) >= 11 is 0. The highest BCUT2D eigenvalue weighted by atomic mass is 16.2. The van der Waals surface area contributed by atoms with Crippen LogP contribution in [0.25, 0.3) is 10.8 Å². The van der Waals surface area contributed by atoms with E-state index in [0.29, 0.717) is 25.9 Å². The minimum atomic E-state index is -0.517. The van der Waals surface area contributed by atoms with Crippen LogP contribution in [0.3, 0.4) is 0 Å². The summed E-state index contributed by atoms with van der Waals surface area (Å²) in [5, 5.41) is 5.33. The minimum Gasteiger partial charge on any atom is -0.354 e. The minimum absolute atomic E-state index is 0.00470. The summed E-state index contributed by atoms with van der Waals surface area (Å²) in [6.07, 6.45) is 2.97. The lowest BCUT2D eigenvalue weighted by Gasteiger charge is -2.29. The van der Waals surface area contributed by atoms with E-state index in [4.69, 9.17) is 0 Å². The molecular formula is C27H32N2O2. The van der Waals surface area contributed by atoms with E-state index in [-0.39, 0.29) is 11.8 Å². The molecule has 3 aromatic rings. The van der Waals surface area contributed by atoms with E-state index in [9.17, 15) is 9.59 Å². The largest absolute Gasteiger partial charge is 0.354 e. The summed E-state index contributed by atoms with van der Waals surface area (Å²) in [6, 6.07) is 23.8. The fourth-order valence-electron chi connectivity index (χ4n) is 3.79. The van der Waals surface area contributed by atoms with Crippen molar-refractivity contribution >= 4 is 22.6 Å². The van der Waals surface area contributed by atoms with Crippen molar-refractivity contribution in [2.45, 2.75) is 52.1 Å². The Morgan fingerprint density at radius 2 is 1.65 bits per heavy atom. The van der Waals surface area contributed by atoms with Gasteiger partial charge in [-0.05, 0) is 41.7 Å². The number of nitrogens with one attached hydrogen (secondary N) is 1. The van der Waals surface area contributed by atoms with E-state index < -0.39 is 6.04 Å². The van der Waals surface area contributed by atoms with Crippen molar-refractivity contribution in [2.75, 3.05) is 6.54 Å². The van der Waals surface area contributed by atoms with Gasteiger partial charge in [0.1, 0.15) is 6.04 Å². The van der Waals surface area contributed by atoms with Crippen molar-refractivity contribution in [1.82, 2.24) is 10.2 Å². The van der Waals surface area contributed by atoms with Gasteiger partial charge in [0.25, 0.3) is 0 Å². The molecule has 0 saturated heterocycles. The molecule has 4 nitrogen and oxygen atoms in total. The molecule has 162 valence electrons. The molecular weight excluding hydrogens is 384 g/mol. The molecule has 0 radical (unpaired) electrons. The standard InChI is InChI=1S/C27H32N2O2/c1-3-4-19-28-27(31)21(2)29(20-22-11-6-5-7-12-22)26(30)18-17-24-15-10-14-23-13-8-9-16-25(23)24/h5-16,21H,3-4,17-20H2,1-2H3,(H,28,31)/t21-/m1/s1. The predicted octanol–water partition coefficient (Wildman–Crippen LogP) is 5.11. The number of amides is 2. The van der Waals surface area contributed by atoms with Crippen molar-refractivity contribution in [3.8, 4) is 0 Å². The van der Waals surface area contributed by atoms with Gasteiger partial charge in [-0.15, -0.1) is 0 Å². The maximum absolute atomic E-state index is 13.3. The van der Waals surface area contributed by atoms with Crippen LogP contribution in [0.15, 0.2) is 72.8 Å². The summed E-state index contributed by atoms with van der Waals surface area (Å²) in [7, 11) is 0. The first-order valence-electron chi connectivity index (χ1n) is 11.2. The summed E-state index contributed by atoms with van der Waals surface area (Å²) in [5.41, 5.74) is 2.18. The Morgan fingerprint density at radius 1 is 0.935 bits per heavy atom. The maximum Gasteiger partial charge on any atom is 0.242 e. The Hall–Kier alpha value is -3.14. The van der Waals surface area contributed by atoms with Crippen LogP contribution >= 0.6 is 0 Å². The second-order valence-corrected chi connectivity index (χ2v) is 7.97. The van der Waals surface area contributed by atoms with Crippen LogP contribution in [-0.4, -0.2) is 29.3 Å². The van der Waals surface area contributed by atoms with E-state index in [0.717, 1.165) is 24.0 Å². The van der Waals surface area contributed by atoms with Gasteiger partial charge in [0, 0.05) is 19.5 Å². The molecule has 31 heavy (non-hydrogen) atoms. The molecule has 0 aliphatic carbocycles. The van der Waals surface area contributed by atoms with E-state index in [1.165, 1.54) is 10.8 Å². The highest BCUT2D eigenvalue weighted by molar-refractivity contribution is 5.88. The van der Waals surface area contributed by atoms with Gasteiger partial charge in [-0.2, -0.15) is 0 Å². The molecule has 3 aromatic carbocycles. The van der Waals surface area contributed by atoms with Crippen LogP contribution in [0, 0.1) is 0 Å². The van der Waals surface area contributed by atoms with Gasteiger partial charge in [-0.1, -0.05) is 86.1 Å². The number of benzene rings is 3. The lowest BCUT2D eigenvalue weighted by atomic mass is 10.0. The van der Waals surface area contributed by atoms with Crippen molar-refractivity contribution in [1.29, 1.82) is 0 Å². The lowest BCUT2D eigenvalue weighted by Crippen LogP contribution is -2.47. The predicted molar refractivity (Wildman–Crippen MR) is 127 cm³/mol. The molecule has 1 atom stereocenters. The molecule has 0 fully saturated rings. The monoisotopic (exact) mass is 416 g/mol. The lowest BCUT2D eigenvalue weighted by molar-refractivity contribution is -0.140. The van der Waals surface area contributed by atoms with E-state index in [1.54, 1.807) is 4.90 Å². The highest BCUT2D eigenvalue weighted by Gasteiger charge is 2.25. The number of carbonyl (C=O) groups is 2. The van der Waals surface area contributed by atoms with Crippen LogP contribution in [-0.2, 0) is 22.6 Å². The third kappa shape index (κ3) is 6.17. The SMILES string of the molecule is CCCCNC(=O)[C@@H](C)N(Cc1ccccc1)C(=O)CCc1cccc2ccccc12. The third-order valence-corrected chi connectivity index (χ3v) is 5.68. The Labute approximate surface area is 185 Å². The topological polar surface area (TPSA) is 49.4 Å². The average Bonchev–Trinajstić information content (AvgIpc) is 2.81. The second-order valence-electron chi connectivity index (χ2n) is 7.97. The van der Waals surface area contributed by atoms with Crippen molar-refractivity contribution in [3.05, 3.63) is 83.9 Å². The fraction of sp³-hybridized carbons (Fsp3) is 0.333. The Morgan fingerprint density at radius 3 is 2.42 bits per heavy atom. The molecule has 2 amide bonds. The Bertz CT molecular complexity index is 995. The molecule has 0 aromatic heterocycles. The quantitative estimate of drug-likeness (QED) is 0.467. The second kappa shape index (κ2) is 11.3. The number of rotatable bonds is 10. The molecule has 0 spiro atoms. The molecule has 0 aliphatic rings. The van der Waals surface area contributed by atoms with Gasteiger partial charge in [-0.3, -0.25) is 9.59 Å². The summed E-state index contributed by atoms with van der Waals surface area (Å²) < 4.78 is 0. The van der Waals surface area contributed by atoms with E-state index >= 15 is 0 Å². The first-order valence-corrected chi connectivity index (χ1v) is 11.2. The number of fused-ring (bicyclic) bond motifs is 1. The number of hydrogen-bond acceptors (Lipinski definition) is 2. The van der Waals surface area contributed by atoms with Gasteiger partial charge in [-0.25, -0.2) is 0 Å². The number of aryl methyl sites for hydroxylation is 1. The van der Waals surface area contributed by atoms with Crippen LogP contribution in [0.4, 0.5) is 0 Å². The average molecular weight is 417 g/mol. The summed E-state index contributed by atoms with van der Waals surface area (Å²) in [5.74, 6) is -0.0992. The third-order valence-electron chi connectivity index (χ3n) is 5.68. The maximum atomic E-state index is 13.3. The zero-order valence-corrected chi connectivity index (χ0v) is 18.5. The van der Waals surface area contributed by atoms with Crippen molar-refractivity contribution in [2.24, 2.45) is 0 Å². The van der Waals surface area contributed by atoms with Gasteiger partial charge >= 0.3 is 0 Å². The Kier molecular flexibility index (Phi) is 8.22. The number of carbonyl (C=O) groups excluding carboxylic acids is 2. The molecule has 0 aliphatic heterocycles. The molecule has 4 heteroatoms. The first kappa shape index (κ1) is 22.5. The Balaban J connectivity index is 1.74. The molecule has 0 bridgehead atoms. The summed E-state index contributed by atoms with van der Waals surface area (Å²) in [4.78, 5) is 27.7. The number of nitrogens with zero attached hydrogens (tertiary/aromatic N) is 1. The van der Waals surface area contributed by atoms with Gasteiger partial charge < -0.3 is 10.2 Å². The molecule has 0 heterocycles. The smallest absolute Gasteiger partial charge is 0.242 e. The fourth-order valence-corrected chi connectivity index (χ4v) is 3.79. The van der Waals surface area contributed by atoms with Crippen LogP contribution in [0.2, 0.25) is 0 Å². The van der Waals surface area contributed by atoms with E-state index in [1.807, 2.05) is 55.5 Å². The first-order chi connectivity index (χ1) is 15.1. The van der Waals surface area contributed by atoms with Gasteiger partial charge in [0.2, 0.25) is 11.8 Å². The molecule has 3 rings (SSSR count). The zero-order valence-electron chi connectivity index (χ0n) is 18.5. The number of unbranched alkanes of at least 4 members (excludes halogenated alkanes) is 1. The van der Waals surface area contributed by atoms with Crippen LogP contribution in [0.5, 0.6) is 0 Å². The van der Waals surface area contributed by atoms with Crippen LogP contribution < -0.4 is 5.32 Å². The zero-order chi connectivity index (χ0) is 22.1. The summed E-state index contributed by atoms with van der Waals surface area (Å²) in [6.45, 7) is 4.98. The van der Waals surface area contributed by atoms with Crippen LogP contribution in [0.1, 0.15) is 44.2 Å². The number of hydrogen-bond donors (Lipinski definition) is 1. The van der Waals surface area contributed by atoms with Gasteiger partial charge in [0.05, 0.1) is 0 Å².